The molecule has 8 nitrogen and oxygen atoms in total. The second-order valence-corrected chi connectivity index (χ2v) is 7.93. The Morgan fingerprint density at radius 1 is 0.969 bits per heavy atom. The number of pyridine rings is 3. The van der Waals surface area contributed by atoms with Gasteiger partial charge in [0, 0.05) is 32.1 Å². The lowest BCUT2D eigenvalue weighted by Gasteiger charge is -2.12. The predicted octanol–water partition coefficient (Wildman–Crippen LogP) is 4.37. The molecule has 0 saturated heterocycles. The van der Waals surface area contributed by atoms with Crippen LogP contribution in [0.25, 0.3) is 50.4 Å². The number of aromatic nitrogens is 7. The van der Waals surface area contributed by atoms with Gasteiger partial charge >= 0.3 is 0 Å². The van der Waals surface area contributed by atoms with Crippen LogP contribution in [0.5, 0.6) is 0 Å². The van der Waals surface area contributed by atoms with E-state index in [1.807, 2.05) is 49.6 Å². The Morgan fingerprint density at radius 3 is 2.72 bits per heavy atom. The normalized spacial score (nSPS) is 13.2. The quantitative estimate of drug-likeness (QED) is 0.448. The summed E-state index contributed by atoms with van der Waals surface area (Å²) in [6.07, 6.45) is 12.7. The van der Waals surface area contributed by atoms with E-state index < -0.39 is 0 Å². The Hall–Kier alpha value is -4.33. The van der Waals surface area contributed by atoms with Crippen molar-refractivity contribution in [3.63, 3.8) is 0 Å². The molecule has 5 heterocycles. The van der Waals surface area contributed by atoms with Crippen LogP contribution in [0.2, 0.25) is 0 Å². The molecule has 0 aliphatic heterocycles. The van der Waals surface area contributed by atoms with E-state index in [2.05, 4.69) is 49.4 Å². The number of aromatic amines is 2. The van der Waals surface area contributed by atoms with Gasteiger partial charge in [-0.05, 0) is 36.3 Å². The standard InChI is InChI=1S/C24H20N8/c1-32(2)16-11-15(12-25-13-16)17-7-8-19-22(27-17)23(31-30-19)24-28-18-9-10-26-20(21(18)29-24)14-5-3-4-6-14/h3,5-13H,4H2,1-2H3,(H,28,29)(H,30,31). The minimum Gasteiger partial charge on any atom is -0.376 e. The smallest absolute Gasteiger partial charge is 0.161 e. The topological polar surface area (TPSA) is 99.3 Å². The Balaban J connectivity index is 1.48. The van der Waals surface area contributed by atoms with Gasteiger partial charge in [0.25, 0.3) is 0 Å². The second kappa shape index (κ2) is 7.12. The molecule has 0 radical (unpaired) electrons. The van der Waals surface area contributed by atoms with Crippen molar-refractivity contribution in [3.8, 4) is 22.8 Å². The highest BCUT2D eigenvalue weighted by atomic mass is 15.2. The maximum atomic E-state index is 4.90. The zero-order valence-corrected chi connectivity index (χ0v) is 17.7. The van der Waals surface area contributed by atoms with Crippen LogP contribution in [0.1, 0.15) is 12.1 Å². The van der Waals surface area contributed by atoms with Crippen molar-refractivity contribution in [1.29, 1.82) is 0 Å². The Morgan fingerprint density at radius 2 is 1.88 bits per heavy atom. The summed E-state index contributed by atoms with van der Waals surface area (Å²) in [5.74, 6) is 0.660. The Labute approximate surface area is 183 Å². The third-order valence-electron chi connectivity index (χ3n) is 5.61. The highest BCUT2D eigenvalue weighted by Crippen LogP contribution is 2.31. The SMILES string of the molecule is CN(C)c1cncc(-c2ccc3[nH]nc(-c4nc5c(C6=CCC=C6)nccc5[nH]4)c3n2)c1. The number of anilines is 1. The van der Waals surface area contributed by atoms with Gasteiger partial charge in [0.15, 0.2) is 11.5 Å². The fraction of sp³-hybridized carbons (Fsp3) is 0.125. The number of nitrogens with one attached hydrogen (secondary N) is 2. The fourth-order valence-electron chi connectivity index (χ4n) is 3.93. The molecule has 1 aliphatic carbocycles. The number of nitrogens with zero attached hydrogens (tertiary/aromatic N) is 6. The molecule has 32 heavy (non-hydrogen) atoms. The van der Waals surface area contributed by atoms with Crippen LogP contribution in [0.3, 0.4) is 0 Å². The summed E-state index contributed by atoms with van der Waals surface area (Å²) in [4.78, 5) is 24.1. The lowest BCUT2D eigenvalue weighted by atomic mass is 10.1. The third kappa shape index (κ3) is 2.96. The van der Waals surface area contributed by atoms with Crippen LogP contribution in [0.4, 0.5) is 5.69 Å². The van der Waals surface area contributed by atoms with Crippen LogP contribution >= 0.6 is 0 Å². The summed E-state index contributed by atoms with van der Waals surface area (Å²) in [5, 5.41) is 7.59. The van der Waals surface area contributed by atoms with Crippen molar-refractivity contribution < 1.29 is 0 Å². The average molecular weight is 420 g/mol. The number of rotatable bonds is 4. The zero-order chi connectivity index (χ0) is 21.7. The van der Waals surface area contributed by atoms with Crippen molar-refractivity contribution >= 4 is 33.3 Å². The molecule has 156 valence electrons. The van der Waals surface area contributed by atoms with Crippen LogP contribution in [-0.2, 0) is 0 Å². The van der Waals surface area contributed by atoms with Gasteiger partial charge in [-0.15, -0.1) is 0 Å². The molecule has 6 rings (SSSR count). The van der Waals surface area contributed by atoms with E-state index in [4.69, 9.17) is 9.97 Å². The van der Waals surface area contributed by atoms with Crippen LogP contribution in [0, 0.1) is 0 Å². The fourth-order valence-corrected chi connectivity index (χ4v) is 3.93. The van der Waals surface area contributed by atoms with Gasteiger partial charge in [-0.1, -0.05) is 18.2 Å². The van der Waals surface area contributed by atoms with Gasteiger partial charge < -0.3 is 9.88 Å². The minimum atomic E-state index is 0.660. The lowest BCUT2D eigenvalue weighted by molar-refractivity contribution is 1.10. The number of hydrogen-bond acceptors (Lipinski definition) is 6. The van der Waals surface area contributed by atoms with Gasteiger partial charge in [-0.3, -0.25) is 15.1 Å². The van der Waals surface area contributed by atoms with Crippen molar-refractivity contribution in [2.24, 2.45) is 0 Å². The van der Waals surface area contributed by atoms with E-state index in [9.17, 15) is 0 Å². The van der Waals surface area contributed by atoms with E-state index in [1.165, 1.54) is 0 Å². The second-order valence-electron chi connectivity index (χ2n) is 7.93. The zero-order valence-electron chi connectivity index (χ0n) is 17.7. The Bertz CT molecular complexity index is 1540. The molecule has 0 bridgehead atoms. The molecule has 2 N–H and O–H groups in total. The van der Waals surface area contributed by atoms with Crippen molar-refractivity contribution in [3.05, 3.63) is 66.8 Å². The molecular weight excluding hydrogens is 400 g/mol. The average Bonchev–Trinajstić information content (AvgIpc) is 3.57. The van der Waals surface area contributed by atoms with Crippen molar-refractivity contribution in [2.45, 2.75) is 6.42 Å². The first-order valence-corrected chi connectivity index (χ1v) is 10.4. The maximum absolute atomic E-state index is 4.90. The molecule has 0 unspecified atom stereocenters. The molecule has 0 spiro atoms. The highest BCUT2D eigenvalue weighted by Gasteiger charge is 2.18. The first-order chi connectivity index (χ1) is 15.7. The molecule has 0 saturated carbocycles. The van der Waals surface area contributed by atoms with E-state index in [-0.39, 0.29) is 0 Å². The Kier molecular flexibility index (Phi) is 4.10. The summed E-state index contributed by atoms with van der Waals surface area (Å²) in [6, 6.07) is 7.96. The molecule has 1 aliphatic rings. The van der Waals surface area contributed by atoms with Crippen LogP contribution < -0.4 is 4.90 Å². The van der Waals surface area contributed by atoms with Gasteiger partial charge in [0.2, 0.25) is 0 Å². The van der Waals surface area contributed by atoms with Gasteiger partial charge in [0.05, 0.1) is 34.3 Å². The van der Waals surface area contributed by atoms with Gasteiger partial charge in [-0.25, -0.2) is 9.97 Å². The number of fused-ring (bicyclic) bond motifs is 2. The lowest BCUT2D eigenvalue weighted by Crippen LogP contribution is -2.08. The van der Waals surface area contributed by atoms with Crippen LogP contribution in [0.15, 0.2) is 61.1 Å². The van der Waals surface area contributed by atoms with E-state index in [0.717, 1.165) is 56.7 Å². The molecular formula is C24H20N8. The molecule has 8 heteroatoms. The van der Waals surface area contributed by atoms with E-state index in [0.29, 0.717) is 11.5 Å². The number of allylic oxidation sites excluding steroid dienone is 4. The summed E-state index contributed by atoms with van der Waals surface area (Å²) >= 11 is 0. The van der Waals surface area contributed by atoms with Gasteiger partial charge in [-0.2, -0.15) is 5.10 Å². The highest BCUT2D eigenvalue weighted by molar-refractivity contribution is 5.95. The van der Waals surface area contributed by atoms with Gasteiger partial charge in [0.1, 0.15) is 11.0 Å². The molecule has 0 aromatic carbocycles. The summed E-state index contributed by atoms with van der Waals surface area (Å²) in [7, 11) is 3.99. The number of H-pyrrole nitrogens is 2. The first kappa shape index (κ1) is 18.4. The van der Waals surface area contributed by atoms with Crippen molar-refractivity contribution in [2.75, 3.05) is 19.0 Å². The first-order valence-electron chi connectivity index (χ1n) is 10.4. The van der Waals surface area contributed by atoms with Crippen LogP contribution in [-0.4, -0.2) is 49.2 Å². The monoisotopic (exact) mass is 420 g/mol. The molecule has 5 aromatic heterocycles. The number of imidazole rings is 1. The number of hydrogen-bond donors (Lipinski definition) is 2. The molecule has 0 amide bonds. The largest absolute Gasteiger partial charge is 0.376 e. The summed E-state index contributed by atoms with van der Waals surface area (Å²) in [6.45, 7) is 0. The molecule has 0 fully saturated rings. The summed E-state index contributed by atoms with van der Waals surface area (Å²) < 4.78 is 0. The molecule has 5 aromatic rings. The minimum absolute atomic E-state index is 0.660. The van der Waals surface area contributed by atoms with E-state index in [1.54, 1.807) is 6.20 Å². The summed E-state index contributed by atoms with van der Waals surface area (Å²) in [5.41, 5.74) is 8.79. The predicted molar refractivity (Wildman–Crippen MR) is 126 cm³/mol. The van der Waals surface area contributed by atoms with Crippen molar-refractivity contribution in [1.82, 2.24) is 35.1 Å². The molecule has 0 atom stereocenters. The van der Waals surface area contributed by atoms with E-state index >= 15 is 0 Å². The maximum Gasteiger partial charge on any atom is 0.161 e. The third-order valence-corrected chi connectivity index (χ3v) is 5.61.